The molecule has 1 aromatic carbocycles. The molecule has 8 heterocycles. The third-order valence-corrected chi connectivity index (χ3v) is 13.8. The highest BCUT2D eigenvalue weighted by Gasteiger charge is 2.77. The first-order valence-electron chi connectivity index (χ1n) is 17.9. The van der Waals surface area contributed by atoms with Crippen LogP contribution in [0.4, 0.5) is 11.4 Å². The van der Waals surface area contributed by atoms with E-state index in [2.05, 4.69) is 24.5 Å². The van der Waals surface area contributed by atoms with Gasteiger partial charge in [0, 0.05) is 36.1 Å². The zero-order chi connectivity index (χ0) is 33.5. The molecule has 2 aliphatic carbocycles. The minimum absolute atomic E-state index is 0.147. The largest absolute Gasteiger partial charge is 0.333 e. The fourth-order valence-corrected chi connectivity index (χ4v) is 11.0. The summed E-state index contributed by atoms with van der Waals surface area (Å²) in [4.78, 5) is 52.6. The normalized spacial score (nSPS) is 53.0. The van der Waals surface area contributed by atoms with Crippen LogP contribution in [0.15, 0.2) is 24.3 Å². The molecule has 8 saturated heterocycles. The van der Waals surface area contributed by atoms with Crippen LogP contribution in [0.1, 0.15) is 92.9 Å². The van der Waals surface area contributed by atoms with Crippen molar-refractivity contribution in [2.45, 2.75) is 139 Å². The van der Waals surface area contributed by atoms with Crippen molar-refractivity contribution in [2.24, 2.45) is 35.5 Å². The molecule has 0 aromatic heterocycles. The first-order chi connectivity index (χ1) is 22.7. The van der Waals surface area contributed by atoms with Crippen LogP contribution in [-0.4, -0.2) is 58.4 Å². The summed E-state index contributed by atoms with van der Waals surface area (Å²) in [7, 11) is 0. The van der Waals surface area contributed by atoms with Gasteiger partial charge in [-0.2, -0.15) is 0 Å². The standard InChI is InChI=1S/C36H48N2O10/c1-19-10-12-25-33(5,43-29-35(25)23(19)14-16-31(3,41-29)45-47-35)27(39)37-21-8-7-9-22(18-21)38-28(40)34(6)26-13-11-20(2)24-15-17-32(4)42-30(44-34)36(24,26)48-46-32/h7-9,18-20,23-26,29-30H,10-17H2,1-6H3,(H,37,39)(H,38,40)/t19-,20-,23+,24+,25+,26+,29+,30+,31-,32-,33+,34+,35-,36-/m1/s1. The van der Waals surface area contributed by atoms with Crippen molar-refractivity contribution in [1.82, 2.24) is 0 Å². The number of amides is 2. The lowest BCUT2D eigenvalue weighted by Gasteiger charge is -2.50. The van der Waals surface area contributed by atoms with Crippen molar-refractivity contribution in [1.29, 1.82) is 0 Å². The van der Waals surface area contributed by atoms with Gasteiger partial charge < -0.3 is 29.6 Å². The topological polar surface area (TPSA) is 132 Å². The Balaban J connectivity index is 0.948. The molecule has 48 heavy (non-hydrogen) atoms. The van der Waals surface area contributed by atoms with Gasteiger partial charge in [0.1, 0.15) is 0 Å². The minimum atomic E-state index is -1.22. The average molecular weight is 669 g/mol. The van der Waals surface area contributed by atoms with E-state index in [9.17, 15) is 9.59 Å². The van der Waals surface area contributed by atoms with E-state index in [1.807, 2.05) is 27.7 Å². The molecule has 1 aromatic rings. The molecule has 12 heteroatoms. The van der Waals surface area contributed by atoms with Gasteiger partial charge in [-0.15, -0.1) is 0 Å². The highest BCUT2D eigenvalue weighted by atomic mass is 17.3. The molecular formula is C36H48N2O10. The molecule has 12 nitrogen and oxygen atoms in total. The highest BCUT2D eigenvalue weighted by molar-refractivity contribution is 6.00. The Morgan fingerprint density at radius 1 is 0.625 bits per heavy atom. The first kappa shape index (κ1) is 31.8. The van der Waals surface area contributed by atoms with Gasteiger partial charge >= 0.3 is 0 Å². The summed E-state index contributed by atoms with van der Waals surface area (Å²) in [5, 5.41) is 6.16. The summed E-state index contributed by atoms with van der Waals surface area (Å²) in [5.41, 5.74) is -3.09. The second kappa shape index (κ2) is 10.2. The van der Waals surface area contributed by atoms with Crippen LogP contribution in [0.25, 0.3) is 0 Å². The van der Waals surface area contributed by atoms with Gasteiger partial charge in [0.25, 0.3) is 11.8 Å². The lowest BCUT2D eigenvalue weighted by Crippen LogP contribution is -2.62. The number of carbonyl (C=O) groups excluding carboxylic acids is 2. The van der Waals surface area contributed by atoms with Crippen molar-refractivity contribution in [3.05, 3.63) is 24.3 Å². The quantitative estimate of drug-likeness (QED) is 0.393. The number of hydrogen-bond acceptors (Lipinski definition) is 10. The maximum Gasteiger partial charge on any atom is 0.256 e. The number of hydrogen-bond donors (Lipinski definition) is 2. The Hall–Kier alpha value is -2.16. The molecule has 262 valence electrons. The second-order valence-corrected chi connectivity index (χ2v) is 16.7. The highest BCUT2D eigenvalue weighted by Crippen LogP contribution is 2.65. The molecule has 11 rings (SSSR count). The summed E-state index contributed by atoms with van der Waals surface area (Å²) in [5.74, 6) is -1.88. The molecule has 0 unspecified atom stereocenters. The van der Waals surface area contributed by atoms with Crippen LogP contribution in [-0.2, 0) is 48.1 Å². The van der Waals surface area contributed by atoms with Crippen molar-refractivity contribution in [3.63, 3.8) is 0 Å². The van der Waals surface area contributed by atoms with Gasteiger partial charge in [0.2, 0.25) is 11.6 Å². The SMILES string of the molecule is C[C@@H]1CC[C@@H]2[C@]34OO[C@](C)(CC[C@@H]13)O[C@H]4O[C@]2(C)C(=O)Nc1cccc(NC(=O)[C@@]2(C)O[C@@H]3O[C@@]4(C)CC[C@H]5[C@H](C)CC[C@@H]2[C@@]35OO4)c1. The molecule has 4 bridgehead atoms. The third kappa shape index (κ3) is 4.11. The van der Waals surface area contributed by atoms with Crippen molar-refractivity contribution in [2.75, 3.05) is 10.6 Å². The fourth-order valence-electron chi connectivity index (χ4n) is 11.0. The van der Waals surface area contributed by atoms with Gasteiger partial charge in [-0.25, -0.2) is 19.6 Å². The summed E-state index contributed by atoms with van der Waals surface area (Å²) in [6.07, 6.45) is 5.16. The summed E-state index contributed by atoms with van der Waals surface area (Å²) in [6.45, 7) is 11.9. The van der Waals surface area contributed by atoms with E-state index < -0.39 is 46.6 Å². The van der Waals surface area contributed by atoms with Crippen molar-refractivity contribution < 1.29 is 48.1 Å². The molecule has 10 fully saturated rings. The zero-order valence-corrected chi connectivity index (χ0v) is 28.7. The Kier molecular flexibility index (Phi) is 6.77. The monoisotopic (exact) mass is 668 g/mol. The minimum Gasteiger partial charge on any atom is -0.333 e. The second-order valence-electron chi connectivity index (χ2n) is 16.7. The lowest BCUT2D eigenvalue weighted by atomic mass is 9.59. The van der Waals surface area contributed by atoms with Gasteiger partial charge in [-0.05, 0) is 108 Å². The summed E-state index contributed by atoms with van der Waals surface area (Å²) in [6, 6.07) is 7.15. The molecular weight excluding hydrogens is 620 g/mol. The van der Waals surface area contributed by atoms with E-state index >= 15 is 0 Å². The lowest BCUT2D eigenvalue weighted by molar-refractivity contribution is -0.541. The molecule has 2 spiro atoms. The van der Waals surface area contributed by atoms with Crippen LogP contribution in [0.5, 0.6) is 0 Å². The third-order valence-electron chi connectivity index (χ3n) is 13.8. The Labute approximate surface area is 281 Å². The van der Waals surface area contributed by atoms with Crippen LogP contribution < -0.4 is 10.6 Å². The number of nitrogens with one attached hydrogen (secondary N) is 2. The average Bonchev–Trinajstić information content (AvgIpc) is 3.17. The van der Waals surface area contributed by atoms with Crippen molar-refractivity contribution in [3.8, 4) is 0 Å². The van der Waals surface area contributed by atoms with Gasteiger partial charge in [0.15, 0.2) is 35.0 Å². The predicted molar refractivity (Wildman–Crippen MR) is 168 cm³/mol. The Bertz CT molecular complexity index is 1440. The van der Waals surface area contributed by atoms with E-state index in [1.165, 1.54) is 0 Å². The number of fused-ring (bicyclic) bond motifs is 4. The molecule has 0 radical (unpaired) electrons. The predicted octanol–water partition coefficient (Wildman–Crippen LogP) is 5.57. The van der Waals surface area contributed by atoms with E-state index in [1.54, 1.807) is 24.3 Å². The summed E-state index contributed by atoms with van der Waals surface area (Å²) < 4.78 is 25.9. The molecule has 2 saturated carbocycles. The number of rotatable bonds is 4. The van der Waals surface area contributed by atoms with Gasteiger partial charge in [-0.3, -0.25) is 9.59 Å². The van der Waals surface area contributed by atoms with Gasteiger partial charge in [-0.1, -0.05) is 19.9 Å². The zero-order valence-electron chi connectivity index (χ0n) is 28.7. The molecule has 2 amide bonds. The van der Waals surface area contributed by atoms with Crippen LogP contribution in [0.2, 0.25) is 0 Å². The van der Waals surface area contributed by atoms with Crippen LogP contribution in [0, 0.1) is 35.5 Å². The number of ether oxygens (including phenoxy) is 4. The van der Waals surface area contributed by atoms with E-state index in [4.69, 9.17) is 38.5 Å². The number of benzene rings is 1. The fraction of sp³-hybridized carbons (Fsp3) is 0.778. The maximum atomic E-state index is 14.2. The Morgan fingerprint density at radius 3 is 1.50 bits per heavy atom. The number of carbonyl (C=O) groups is 2. The molecule has 14 atom stereocenters. The number of anilines is 2. The van der Waals surface area contributed by atoms with Crippen LogP contribution >= 0.6 is 0 Å². The molecule has 10 aliphatic rings. The van der Waals surface area contributed by atoms with E-state index in [0.717, 1.165) is 38.5 Å². The maximum absolute atomic E-state index is 14.2. The van der Waals surface area contributed by atoms with E-state index in [0.29, 0.717) is 36.1 Å². The molecule has 2 N–H and O–H groups in total. The molecule has 8 aliphatic heterocycles. The smallest absolute Gasteiger partial charge is 0.256 e. The first-order valence-corrected chi connectivity index (χ1v) is 17.9. The Morgan fingerprint density at radius 2 is 1.06 bits per heavy atom. The van der Waals surface area contributed by atoms with E-state index in [-0.39, 0.29) is 35.5 Å². The summed E-state index contributed by atoms with van der Waals surface area (Å²) >= 11 is 0. The van der Waals surface area contributed by atoms with Crippen LogP contribution in [0.3, 0.4) is 0 Å². The van der Waals surface area contributed by atoms with Gasteiger partial charge in [0.05, 0.1) is 0 Å². The van der Waals surface area contributed by atoms with Crippen molar-refractivity contribution >= 4 is 23.2 Å².